The van der Waals surface area contributed by atoms with Crippen molar-refractivity contribution in [3.8, 4) is 33.4 Å². The molecule has 0 aliphatic carbocycles. The van der Waals surface area contributed by atoms with Crippen LogP contribution in [0.15, 0.2) is 91.0 Å². The van der Waals surface area contributed by atoms with E-state index in [9.17, 15) is 14.4 Å². The van der Waals surface area contributed by atoms with Crippen LogP contribution in [0.25, 0.3) is 33.4 Å². The van der Waals surface area contributed by atoms with Crippen molar-refractivity contribution in [2.75, 3.05) is 19.8 Å². The predicted molar refractivity (Wildman–Crippen MR) is 151 cm³/mol. The quantitative estimate of drug-likeness (QED) is 0.171. The van der Waals surface area contributed by atoms with Gasteiger partial charge in [0.15, 0.2) is 0 Å². The van der Waals surface area contributed by atoms with Gasteiger partial charge in [0, 0.05) is 16.7 Å². The van der Waals surface area contributed by atoms with Gasteiger partial charge in [0.25, 0.3) is 0 Å². The van der Waals surface area contributed by atoms with Gasteiger partial charge < -0.3 is 14.2 Å². The number of ether oxygens (including phenoxy) is 3. The van der Waals surface area contributed by atoms with Gasteiger partial charge in [0.05, 0.1) is 36.5 Å². The average molecular weight is 523 g/mol. The van der Waals surface area contributed by atoms with Crippen molar-refractivity contribution in [3.05, 3.63) is 108 Å². The van der Waals surface area contributed by atoms with Crippen LogP contribution in [-0.4, -0.2) is 37.7 Å². The summed E-state index contributed by atoms with van der Waals surface area (Å²) in [7, 11) is 0. The lowest BCUT2D eigenvalue weighted by Gasteiger charge is -2.25. The molecule has 0 atom stereocenters. The molecule has 6 heteroatoms. The molecule has 4 aromatic rings. The first kappa shape index (κ1) is 27.3. The molecule has 0 radical (unpaired) electrons. The van der Waals surface area contributed by atoms with Crippen LogP contribution in [0.1, 0.15) is 51.8 Å². The second-order valence-corrected chi connectivity index (χ2v) is 8.51. The number of carbonyl (C=O) groups is 3. The van der Waals surface area contributed by atoms with E-state index in [1.807, 2.05) is 66.7 Å². The summed E-state index contributed by atoms with van der Waals surface area (Å²) in [6, 6.07) is 27.5. The lowest BCUT2D eigenvalue weighted by Crippen LogP contribution is -2.21. The number of benzene rings is 4. The first-order valence-electron chi connectivity index (χ1n) is 12.9. The van der Waals surface area contributed by atoms with Crippen LogP contribution in [0.5, 0.6) is 0 Å². The summed E-state index contributed by atoms with van der Waals surface area (Å²) in [5.41, 5.74) is 3.16. The summed E-state index contributed by atoms with van der Waals surface area (Å²) in [4.78, 5) is 41.4. The molecule has 0 heterocycles. The molecule has 0 N–H and O–H groups in total. The Hall–Kier alpha value is -4.71. The van der Waals surface area contributed by atoms with E-state index < -0.39 is 17.9 Å². The summed E-state index contributed by atoms with van der Waals surface area (Å²) in [6.45, 7) is 5.40. The molecule has 4 aromatic carbocycles. The second kappa shape index (κ2) is 12.7. The molecule has 0 saturated heterocycles. The van der Waals surface area contributed by atoms with Crippen molar-refractivity contribution in [1.29, 1.82) is 0 Å². The largest absolute Gasteiger partial charge is 0.462 e. The third-order valence-corrected chi connectivity index (χ3v) is 6.13. The van der Waals surface area contributed by atoms with Gasteiger partial charge in [-0.2, -0.15) is 0 Å². The van der Waals surface area contributed by atoms with Crippen LogP contribution in [0, 0.1) is 0 Å². The maximum Gasteiger partial charge on any atom is 0.339 e. The molecule has 6 nitrogen and oxygen atoms in total. The smallest absolute Gasteiger partial charge is 0.339 e. The minimum Gasteiger partial charge on any atom is -0.462 e. The lowest BCUT2D eigenvalue weighted by atomic mass is 9.79. The zero-order valence-corrected chi connectivity index (χ0v) is 22.2. The SMILES string of the molecule is CCOC(=O)c1c(C(=O)OCC)c(-c2ccccc2)c(-c2ccccc2)c(C(=O)OCC)c1-c1ccccc1. The molecule has 0 bridgehead atoms. The minimum atomic E-state index is -0.734. The number of rotatable bonds is 9. The molecule has 0 fully saturated rings. The van der Waals surface area contributed by atoms with E-state index in [2.05, 4.69) is 0 Å². The highest BCUT2D eigenvalue weighted by atomic mass is 16.5. The Morgan fingerprint density at radius 3 is 1.08 bits per heavy atom. The van der Waals surface area contributed by atoms with E-state index in [1.165, 1.54) is 0 Å². The monoisotopic (exact) mass is 522 g/mol. The summed E-state index contributed by atoms with van der Waals surface area (Å²) < 4.78 is 16.6. The topological polar surface area (TPSA) is 78.9 Å². The van der Waals surface area contributed by atoms with Crippen LogP contribution in [0.2, 0.25) is 0 Å². The van der Waals surface area contributed by atoms with Crippen molar-refractivity contribution in [2.45, 2.75) is 20.8 Å². The molecule has 0 saturated carbocycles. The molecule has 0 aromatic heterocycles. The van der Waals surface area contributed by atoms with Gasteiger partial charge in [-0.25, -0.2) is 14.4 Å². The lowest BCUT2D eigenvalue weighted by molar-refractivity contribution is 0.0478. The predicted octanol–water partition coefficient (Wildman–Crippen LogP) is 7.22. The van der Waals surface area contributed by atoms with E-state index in [0.29, 0.717) is 27.8 Å². The molecule has 0 unspecified atom stereocenters. The van der Waals surface area contributed by atoms with Gasteiger partial charge in [-0.15, -0.1) is 0 Å². The molecule has 0 amide bonds. The fourth-order valence-corrected chi connectivity index (χ4v) is 4.65. The summed E-state index contributed by atoms with van der Waals surface area (Å²) >= 11 is 0. The van der Waals surface area contributed by atoms with Gasteiger partial charge in [-0.3, -0.25) is 0 Å². The van der Waals surface area contributed by atoms with Gasteiger partial charge in [0.1, 0.15) is 0 Å². The molecular weight excluding hydrogens is 492 g/mol. The van der Waals surface area contributed by atoms with E-state index in [4.69, 9.17) is 14.2 Å². The Bertz CT molecular complexity index is 1460. The van der Waals surface area contributed by atoms with E-state index in [0.717, 1.165) is 0 Å². The molecule has 4 rings (SSSR count). The third-order valence-electron chi connectivity index (χ3n) is 6.13. The van der Waals surface area contributed by atoms with Crippen molar-refractivity contribution >= 4 is 17.9 Å². The highest BCUT2D eigenvalue weighted by Gasteiger charge is 2.36. The Kier molecular flexibility index (Phi) is 8.90. The number of carbonyl (C=O) groups excluding carboxylic acids is 3. The first-order valence-corrected chi connectivity index (χ1v) is 12.9. The second-order valence-electron chi connectivity index (χ2n) is 8.51. The third kappa shape index (κ3) is 5.60. The van der Waals surface area contributed by atoms with Crippen molar-refractivity contribution < 1.29 is 28.6 Å². The molecule has 0 spiro atoms. The Balaban J connectivity index is 2.36. The van der Waals surface area contributed by atoms with Crippen LogP contribution < -0.4 is 0 Å². The van der Waals surface area contributed by atoms with Gasteiger partial charge in [-0.1, -0.05) is 91.0 Å². The molecule has 198 valence electrons. The van der Waals surface area contributed by atoms with Crippen LogP contribution in [0.4, 0.5) is 0 Å². The molecule has 0 aliphatic rings. The van der Waals surface area contributed by atoms with Crippen LogP contribution >= 0.6 is 0 Å². The number of esters is 3. The number of hydrogen-bond acceptors (Lipinski definition) is 6. The fraction of sp³-hybridized carbons (Fsp3) is 0.182. The Morgan fingerprint density at radius 1 is 0.436 bits per heavy atom. The maximum absolute atomic E-state index is 13.9. The minimum absolute atomic E-state index is 0.0345. The Labute approximate surface area is 228 Å². The fourth-order valence-electron chi connectivity index (χ4n) is 4.65. The highest BCUT2D eigenvalue weighted by molar-refractivity contribution is 6.20. The maximum atomic E-state index is 13.9. The molecular formula is C33H30O6. The highest BCUT2D eigenvalue weighted by Crippen LogP contribution is 2.46. The molecule has 0 aliphatic heterocycles. The van der Waals surface area contributed by atoms with Crippen molar-refractivity contribution in [3.63, 3.8) is 0 Å². The van der Waals surface area contributed by atoms with Gasteiger partial charge >= 0.3 is 17.9 Å². The average Bonchev–Trinajstić information content (AvgIpc) is 2.97. The van der Waals surface area contributed by atoms with Crippen molar-refractivity contribution in [1.82, 2.24) is 0 Å². The van der Waals surface area contributed by atoms with Crippen molar-refractivity contribution in [2.24, 2.45) is 0 Å². The summed E-state index contributed by atoms with van der Waals surface area (Å²) in [5.74, 6) is -2.04. The normalized spacial score (nSPS) is 10.5. The summed E-state index contributed by atoms with van der Waals surface area (Å²) in [5, 5.41) is 0. The molecule has 39 heavy (non-hydrogen) atoms. The zero-order valence-electron chi connectivity index (χ0n) is 22.2. The van der Waals surface area contributed by atoms with E-state index in [1.54, 1.807) is 45.0 Å². The first-order chi connectivity index (χ1) is 19.0. The van der Waals surface area contributed by atoms with E-state index in [-0.39, 0.29) is 42.1 Å². The van der Waals surface area contributed by atoms with Gasteiger partial charge in [-0.05, 0) is 37.5 Å². The van der Waals surface area contributed by atoms with E-state index >= 15 is 0 Å². The Morgan fingerprint density at radius 2 is 0.718 bits per heavy atom. The standard InChI is InChI=1S/C33H30O6/c1-4-37-31(34)28-25(22-16-10-7-11-17-22)26(23-18-12-8-13-19-23)29(32(35)38-5-2)30(33(36)39-6-3)27(28)24-20-14-9-15-21-24/h7-21H,4-6H2,1-3H3. The van der Waals surface area contributed by atoms with Crippen LogP contribution in [-0.2, 0) is 14.2 Å². The van der Waals surface area contributed by atoms with Crippen LogP contribution in [0.3, 0.4) is 0 Å². The summed E-state index contributed by atoms with van der Waals surface area (Å²) in [6.07, 6.45) is 0. The number of hydrogen-bond donors (Lipinski definition) is 0. The zero-order chi connectivity index (χ0) is 27.8. The van der Waals surface area contributed by atoms with Gasteiger partial charge in [0.2, 0.25) is 0 Å².